The van der Waals surface area contributed by atoms with E-state index in [1.165, 1.54) is 30.7 Å². The van der Waals surface area contributed by atoms with Crippen molar-refractivity contribution >= 4 is 22.3 Å². The molecule has 0 atom stereocenters. The molecule has 0 radical (unpaired) electrons. The van der Waals surface area contributed by atoms with E-state index in [0.29, 0.717) is 28.4 Å². The van der Waals surface area contributed by atoms with Crippen LogP contribution in [0, 0.1) is 5.95 Å². The lowest BCUT2D eigenvalue weighted by atomic mass is 9.89. The van der Waals surface area contributed by atoms with Crippen molar-refractivity contribution in [1.82, 2.24) is 19.9 Å². The van der Waals surface area contributed by atoms with Gasteiger partial charge in [0.1, 0.15) is 5.82 Å². The summed E-state index contributed by atoms with van der Waals surface area (Å²) in [4.78, 5) is 26.1. The summed E-state index contributed by atoms with van der Waals surface area (Å²) >= 11 is 0. The predicted octanol–water partition coefficient (Wildman–Crippen LogP) is 4.68. The Morgan fingerprint density at radius 1 is 1.09 bits per heavy atom. The molecule has 5 rings (SSSR count). The van der Waals surface area contributed by atoms with Gasteiger partial charge in [0, 0.05) is 23.6 Å². The second-order valence-electron chi connectivity index (χ2n) is 8.32. The van der Waals surface area contributed by atoms with E-state index in [0.717, 1.165) is 24.2 Å². The minimum atomic E-state index is -0.547. The van der Waals surface area contributed by atoms with Crippen LogP contribution in [-0.4, -0.2) is 40.0 Å². The van der Waals surface area contributed by atoms with E-state index in [1.807, 2.05) is 24.3 Å². The Bertz CT molecular complexity index is 1290. The molecule has 0 amide bonds. The molecule has 0 aliphatic carbocycles. The van der Waals surface area contributed by atoms with Crippen LogP contribution in [0.4, 0.5) is 15.9 Å². The van der Waals surface area contributed by atoms with Crippen LogP contribution in [0.5, 0.6) is 0 Å². The molecular weight excluding hydrogens is 405 g/mol. The number of pyridine rings is 3. The quantitative estimate of drug-likeness (QED) is 0.461. The number of nitrogens with one attached hydrogen (secondary N) is 2. The third kappa shape index (κ3) is 4.11. The van der Waals surface area contributed by atoms with Gasteiger partial charge in [0.15, 0.2) is 0 Å². The van der Waals surface area contributed by atoms with Gasteiger partial charge in [-0.2, -0.15) is 4.39 Å². The maximum absolute atomic E-state index is 13.3. The average molecular weight is 429 g/mol. The van der Waals surface area contributed by atoms with E-state index in [-0.39, 0.29) is 5.56 Å². The Morgan fingerprint density at radius 3 is 2.59 bits per heavy atom. The highest BCUT2D eigenvalue weighted by molar-refractivity contribution is 5.95. The molecule has 1 aliphatic heterocycles. The van der Waals surface area contributed by atoms with Crippen molar-refractivity contribution < 1.29 is 4.39 Å². The molecule has 32 heavy (non-hydrogen) atoms. The number of fused-ring (bicyclic) bond motifs is 1. The van der Waals surface area contributed by atoms with Crippen molar-refractivity contribution in [3.63, 3.8) is 0 Å². The predicted molar refractivity (Wildman–Crippen MR) is 125 cm³/mol. The Balaban J connectivity index is 1.49. The average Bonchev–Trinajstić information content (AvgIpc) is 2.80. The number of piperidine rings is 1. The van der Waals surface area contributed by atoms with E-state index in [1.54, 1.807) is 12.3 Å². The first-order chi connectivity index (χ1) is 15.6. The summed E-state index contributed by atoms with van der Waals surface area (Å²) in [6.45, 7) is 2.24. The molecule has 0 bridgehead atoms. The first kappa shape index (κ1) is 20.3. The fraction of sp³-hybridized carbons (Fsp3) is 0.240. The minimum absolute atomic E-state index is 0.218. The zero-order chi connectivity index (χ0) is 22.1. The van der Waals surface area contributed by atoms with Crippen LogP contribution in [0.3, 0.4) is 0 Å². The summed E-state index contributed by atoms with van der Waals surface area (Å²) < 4.78 is 13.3. The second-order valence-corrected chi connectivity index (χ2v) is 8.32. The van der Waals surface area contributed by atoms with Crippen LogP contribution in [0.1, 0.15) is 24.3 Å². The van der Waals surface area contributed by atoms with Gasteiger partial charge in [-0.25, -0.2) is 9.97 Å². The number of rotatable bonds is 4. The molecule has 0 saturated carbocycles. The number of H-pyrrole nitrogens is 1. The standard InChI is InChI=1S/C25H24FN5O/c1-31-12-9-17(10-13-31)16-2-5-20(6-3-16)29-24-23-18(8-11-27-25(23)32)14-21(30-24)19-4-7-22(26)28-15-19/h2-8,11,14-15,17H,9-10,12-13H2,1H3,(H,27,32)(H,29,30). The maximum Gasteiger partial charge on any atom is 0.259 e. The smallest absolute Gasteiger partial charge is 0.259 e. The third-order valence-electron chi connectivity index (χ3n) is 6.14. The number of likely N-dealkylation sites (tertiary alicyclic amines) is 1. The van der Waals surface area contributed by atoms with Crippen molar-refractivity contribution in [2.45, 2.75) is 18.8 Å². The molecule has 162 valence electrons. The number of benzene rings is 1. The minimum Gasteiger partial charge on any atom is -0.340 e. The number of aromatic nitrogens is 3. The van der Waals surface area contributed by atoms with Gasteiger partial charge < -0.3 is 15.2 Å². The van der Waals surface area contributed by atoms with Crippen molar-refractivity contribution in [3.05, 3.63) is 82.8 Å². The van der Waals surface area contributed by atoms with Crippen molar-refractivity contribution in [2.24, 2.45) is 0 Å². The Kier molecular flexibility index (Phi) is 5.41. The number of anilines is 2. The Morgan fingerprint density at radius 2 is 1.88 bits per heavy atom. The third-order valence-corrected chi connectivity index (χ3v) is 6.14. The normalized spacial score (nSPS) is 15.2. The molecule has 3 aromatic heterocycles. The van der Waals surface area contributed by atoms with Crippen LogP contribution in [0.2, 0.25) is 0 Å². The number of hydrogen-bond donors (Lipinski definition) is 2. The Hall–Kier alpha value is -3.58. The van der Waals surface area contributed by atoms with Crippen LogP contribution in [0.25, 0.3) is 22.0 Å². The molecule has 1 aliphatic rings. The van der Waals surface area contributed by atoms with E-state index in [9.17, 15) is 9.18 Å². The highest BCUT2D eigenvalue weighted by atomic mass is 19.1. The van der Waals surface area contributed by atoms with Gasteiger partial charge in [-0.1, -0.05) is 12.1 Å². The zero-order valence-corrected chi connectivity index (χ0v) is 17.8. The van der Waals surface area contributed by atoms with Gasteiger partial charge in [0.25, 0.3) is 5.56 Å². The highest BCUT2D eigenvalue weighted by Crippen LogP contribution is 2.30. The van der Waals surface area contributed by atoms with Gasteiger partial charge in [-0.15, -0.1) is 0 Å². The molecule has 2 N–H and O–H groups in total. The molecule has 0 unspecified atom stereocenters. The van der Waals surface area contributed by atoms with E-state index >= 15 is 0 Å². The molecule has 1 aromatic carbocycles. The summed E-state index contributed by atoms with van der Waals surface area (Å²) in [5.41, 5.74) is 3.26. The first-order valence-corrected chi connectivity index (χ1v) is 10.8. The lowest BCUT2D eigenvalue weighted by molar-refractivity contribution is 0.255. The number of aromatic amines is 1. The van der Waals surface area contributed by atoms with Gasteiger partial charge in [0.05, 0.1) is 11.1 Å². The van der Waals surface area contributed by atoms with Crippen LogP contribution < -0.4 is 10.9 Å². The number of halogens is 1. The fourth-order valence-corrected chi connectivity index (χ4v) is 4.30. The molecule has 1 fully saturated rings. The lowest BCUT2D eigenvalue weighted by Gasteiger charge is -2.29. The summed E-state index contributed by atoms with van der Waals surface area (Å²) in [6.07, 6.45) is 5.38. The molecule has 4 aromatic rings. The van der Waals surface area contributed by atoms with Crippen LogP contribution >= 0.6 is 0 Å². The summed E-state index contributed by atoms with van der Waals surface area (Å²) in [6, 6.07) is 14.9. The summed E-state index contributed by atoms with van der Waals surface area (Å²) in [5, 5.41) is 4.53. The fourth-order valence-electron chi connectivity index (χ4n) is 4.30. The molecule has 6 nitrogen and oxygen atoms in total. The lowest BCUT2D eigenvalue weighted by Crippen LogP contribution is -2.29. The molecule has 7 heteroatoms. The largest absolute Gasteiger partial charge is 0.340 e. The number of nitrogens with zero attached hydrogens (tertiary/aromatic N) is 3. The van der Waals surface area contributed by atoms with Crippen molar-refractivity contribution in [2.75, 3.05) is 25.5 Å². The SMILES string of the molecule is CN1CCC(c2ccc(Nc3nc(-c4ccc(F)nc4)cc4cc[nH]c(=O)c34)cc2)CC1. The maximum atomic E-state index is 13.3. The van der Waals surface area contributed by atoms with Crippen LogP contribution in [-0.2, 0) is 0 Å². The van der Waals surface area contributed by atoms with E-state index in [2.05, 4.69) is 44.3 Å². The monoisotopic (exact) mass is 429 g/mol. The first-order valence-electron chi connectivity index (χ1n) is 10.8. The van der Waals surface area contributed by atoms with Crippen molar-refractivity contribution in [1.29, 1.82) is 0 Å². The van der Waals surface area contributed by atoms with Gasteiger partial charge in [-0.05, 0) is 86.2 Å². The molecular formula is C25H24FN5O. The van der Waals surface area contributed by atoms with E-state index < -0.39 is 5.95 Å². The second kappa shape index (κ2) is 8.51. The molecule has 1 saturated heterocycles. The summed E-state index contributed by atoms with van der Waals surface area (Å²) in [5.74, 6) is 0.487. The van der Waals surface area contributed by atoms with Crippen LogP contribution in [0.15, 0.2) is 65.7 Å². The molecule has 0 spiro atoms. The topological polar surface area (TPSA) is 73.9 Å². The van der Waals surface area contributed by atoms with E-state index in [4.69, 9.17) is 0 Å². The molecule has 4 heterocycles. The van der Waals surface area contributed by atoms with Crippen molar-refractivity contribution in [3.8, 4) is 11.3 Å². The highest BCUT2D eigenvalue weighted by Gasteiger charge is 2.18. The van der Waals surface area contributed by atoms with Gasteiger partial charge in [-0.3, -0.25) is 4.79 Å². The summed E-state index contributed by atoms with van der Waals surface area (Å²) in [7, 11) is 2.17. The van der Waals surface area contributed by atoms with Gasteiger partial charge in [0.2, 0.25) is 5.95 Å². The number of hydrogen-bond acceptors (Lipinski definition) is 5. The zero-order valence-electron chi connectivity index (χ0n) is 17.8. The Labute approximate surface area is 185 Å². The van der Waals surface area contributed by atoms with Gasteiger partial charge >= 0.3 is 0 Å².